The minimum absolute atomic E-state index is 0.214. The normalized spacial score (nSPS) is 21.8. The van der Waals surface area contributed by atoms with Crippen LogP contribution in [-0.4, -0.2) is 32.4 Å². The molecule has 4 nitrogen and oxygen atoms in total. The summed E-state index contributed by atoms with van der Waals surface area (Å²) in [5.74, 6) is 0.154. The monoisotopic (exact) mass is 172 g/mol. The Bertz CT molecular complexity index is 193. The first-order valence-corrected chi connectivity index (χ1v) is 3.73. The molecule has 0 aromatic carbocycles. The highest BCUT2D eigenvalue weighted by Crippen LogP contribution is 2.10. The van der Waals surface area contributed by atoms with Gasteiger partial charge in [0.1, 0.15) is 18.5 Å². The Kier molecular flexibility index (Phi) is 3.10. The number of hydrogen-bond acceptors (Lipinski definition) is 4. The van der Waals surface area contributed by atoms with Gasteiger partial charge in [0.15, 0.2) is 0 Å². The highest BCUT2D eigenvalue weighted by atomic mass is 16.6. The molecule has 1 unspecified atom stereocenters. The average Bonchev–Trinajstić information content (AvgIpc) is 2.83. The van der Waals surface area contributed by atoms with Crippen molar-refractivity contribution in [3.05, 3.63) is 11.8 Å². The van der Waals surface area contributed by atoms with Crippen molar-refractivity contribution in [3.8, 4) is 0 Å². The Balaban J connectivity index is 2.19. The van der Waals surface area contributed by atoms with Crippen LogP contribution in [0.2, 0.25) is 0 Å². The fourth-order valence-corrected chi connectivity index (χ4v) is 0.655. The smallest absolute Gasteiger partial charge is 0.333 e. The van der Waals surface area contributed by atoms with Crippen molar-refractivity contribution in [1.29, 1.82) is 0 Å². The largest absolute Gasteiger partial charge is 0.495 e. The van der Waals surface area contributed by atoms with Gasteiger partial charge in [-0.1, -0.05) is 0 Å². The molecular formula is C8H12O4. The summed E-state index contributed by atoms with van der Waals surface area (Å²) < 4.78 is 14.5. The van der Waals surface area contributed by atoms with Crippen LogP contribution in [-0.2, 0) is 19.0 Å². The van der Waals surface area contributed by atoms with Gasteiger partial charge in [-0.25, -0.2) is 4.79 Å². The summed E-state index contributed by atoms with van der Waals surface area (Å²) in [6.07, 6.45) is 1.52. The van der Waals surface area contributed by atoms with E-state index >= 15 is 0 Å². The van der Waals surface area contributed by atoms with Crippen molar-refractivity contribution in [2.75, 3.05) is 20.3 Å². The van der Waals surface area contributed by atoms with Crippen molar-refractivity contribution in [2.24, 2.45) is 0 Å². The lowest BCUT2D eigenvalue weighted by molar-refractivity contribution is -0.135. The number of carbonyl (C=O) groups excluding carboxylic acids is 1. The minimum Gasteiger partial charge on any atom is -0.495 e. The van der Waals surface area contributed by atoms with Gasteiger partial charge in [0.05, 0.1) is 19.8 Å². The van der Waals surface area contributed by atoms with Crippen molar-refractivity contribution in [3.63, 3.8) is 0 Å². The molecule has 1 fully saturated rings. The number of ether oxygens (including phenoxy) is 3. The molecule has 0 aromatic heterocycles. The van der Waals surface area contributed by atoms with Crippen molar-refractivity contribution < 1.29 is 19.0 Å². The molecule has 1 atom stereocenters. The van der Waals surface area contributed by atoms with E-state index in [2.05, 4.69) is 4.74 Å². The van der Waals surface area contributed by atoms with Gasteiger partial charge in [0, 0.05) is 0 Å². The molecule has 0 aliphatic carbocycles. The molecule has 0 radical (unpaired) electrons. The number of carbonyl (C=O) groups is 1. The minimum atomic E-state index is -0.399. The Morgan fingerprint density at radius 3 is 2.92 bits per heavy atom. The zero-order chi connectivity index (χ0) is 8.97. The quantitative estimate of drug-likeness (QED) is 0.268. The van der Waals surface area contributed by atoms with Gasteiger partial charge in [-0.05, 0) is 6.92 Å². The number of epoxide rings is 1. The molecule has 0 aromatic rings. The second-order valence-corrected chi connectivity index (χ2v) is 2.54. The van der Waals surface area contributed by atoms with E-state index in [9.17, 15) is 4.79 Å². The maximum absolute atomic E-state index is 10.7. The molecule has 68 valence electrons. The fraction of sp³-hybridized carbons (Fsp3) is 0.625. The molecule has 0 spiro atoms. The third kappa shape index (κ3) is 3.39. The van der Waals surface area contributed by atoms with Gasteiger partial charge in [-0.3, -0.25) is 0 Å². The Hall–Kier alpha value is -1.03. The van der Waals surface area contributed by atoms with Crippen LogP contribution < -0.4 is 0 Å². The van der Waals surface area contributed by atoms with Gasteiger partial charge in [0.25, 0.3) is 0 Å². The molecule has 4 heteroatoms. The molecule has 0 N–H and O–H groups in total. The van der Waals surface area contributed by atoms with E-state index in [4.69, 9.17) is 9.47 Å². The van der Waals surface area contributed by atoms with E-state index < -0.39 is 5.97 Å². The van der Waals surface area contributed by atoms with E-state index in [1.807, 2.05) is 0 Å². The first-order valence-electron chi connectivity index (χ1n) is 3.73. The molecule has 12 heavy (non-hydrogen) atoms. The van der Waals surface area contributed by atoms with E-state index in [1.54, 1.807) is 6.92 Å². The summed E-state index contributed by atoms with van der Waals surface area (Å²) in [7, 11) is 1.33. The fourth-order valence-electron chi connectivity index (χ4n) is 0.655. The molecule has 1 aliphatic heterocycles. The van der Waals surface area contributed by atoms with E-state index in [0.29, 0.717) is 12.4 Å². The number of methoxy groups -OCH3 is 1. The maximum atomic E-state index is 10.7. The number of allylic oxidation sites excluding steroid dienone is 1. The number of rotatable bonds is 4. The van der Waals surface area contributed by atoms with Crippen molar-refractivity contribution in [2.45, 2.75) is 13.0 Å². The molecule has 1 heterocycles. The first-order chi connectivity index (χ1) is 5.72. The standard InChI is InChI=1S/C8H12O4/c1-6(3-8(9)10-2)11-4-7-5-12-7/h3,7H,4-5H2,1-2H3/b6-3+. The molecule has 1 rings (SSSR count). The van der Waals surface area contributed by atoms with Crippen LogP contribution in [0.25, 0.3) is 0 Å². The molecule has 0 bridgehead atoms. The van der Waals surface area contributed by atoms with E-state index in [0.717, 1.165) is 6.61 Å². The molecule has 0 amide bonds. The lowest BCUT2D eigenvalue weighted by Crippen LogP contribution is -2.02. The highest BCUT2D eigenvalue weighted by Gasteiger charge is 2.22. The third-order valence-corrected chi connectivity index (χ3v) is 1.42. The van der Waals surface area contributed by atoms with Crippen LogP contribution in [0.3, 0.4) is 0 Å². The lowest BCUT2D eigenvalue weighted by atomic mass is 10.4. The average molecular weight is 172 g/mol. The van der Waals surface area contributed by atoms with Gasteiger partial charge in [-0.2, -0.15) is 0 Å². The van der Waals surface area contributed by atoms with E-state index in [-0.39, 0.29) is 6.10 Å². The van der Waals surface area contributed by atoms with Gasteiger partial charge in [0.2, 0.25) is 0 Å². The van der Waals surface area contributed by atoms with Gasteiger partial charge < -0.3 is 14.2 Å². The number of esters is 1. The third-order valence-electron chi connectivity index (χ3n) is 1.42. The second kappa shape index (κ2) is 4.11. The first kappa shape index (κ1) is 9.06. The SMILES string of the molecule is COC(=O)/C=C(\C)OCC1CO1. The molecule has 1 saturated heterocycles. The van der Waals surface area contributed by atoms with Crippen LogP contribution in [0.15, 0.2) is 11.8 Å². The summed E-state index contributed by atoms with van der Waals surface area (Å²) in [5, 5.41) is 0. The summed E-state index contributed by atoms with van der Waals surface area (Å²) in [6.45, 7) is 2.98. The topological polar surface area (TPSA) is 48.1 Å². The lowest BCUT2D eigenvalue weighted by Gasteiger charge is -2.02. The van der Waals surface area contributed by atoms with Crippen molar-refractivity contribution in [1.82, 2.24) is 0 Å². The van der Waals surface area contributed by atoms with Gasteiger partial charge in [-0.15, -0.1) is 0 Å². The predicted octanol–water partition coefficient (Wildman–Crippen LogP) is 0.479. The molecule has 0 saturated carbocycles. The zero-order valence-electron chi connectivity index (χ0n) is 7.20. The van der Waals surface area contributed by atoms with Gasteiger partial charge >= 0.3 is 5.97 Å². The summed E-state index contributed by atoms with van der Waals surface area (Å²) in [4.78, 5) is 10.7. The summed E-state index contributed by atoms with van der Waals surface area (Å²) >= 11 is 0. The molecular weight excluding hydrogens is 160 g/mol. The van der Waals surface area contributed by atoms with Crippen LogP contribution in [0.1, 0.15) is 6.92 Å². The van der Waals surface area contributed by atoms with Crippen molar-refractivity contribution >= 4 is 5.97 Å². The summed E-state index contributed by atoms with van der Waals surface area (Å²) in [5.41, 5.74) is 0. The highest BCUT2D eigenvalue weighted by molar-refractivity contribution is 5.82. The molecule has 1 aliphatic rings. The van der Waals surface area contributed by atoms with Crippen LogP contribution in [0.5, 0.6) is 0 Å². The maximum Gasteiger partial charge on any atom is 0.333 e. The number of hydrogen-bond donors (Lipinski definition) is 0. The second-order valence-electron chi connectivity index (χ2n) is 2.54. The summed E-state index contributed by atoms with van der Waals surface area (Å²) in [6, 6.07) is 0. The van der Waals surface area contributed by atoms with Crippen LogP contribution >= 0.6 is 0 Å². The predicted molar refractivity (Wildman–Crippen MR) is 41.5 cm³/mol. The zero-order valence-corrected chi connectivity index (χ0v) is 7.20. The van der Waals surface area contributed by atoms with Crippen LogP contribution in [0.4, 0.5) is 0 Å². The van der Waals surface area contributed by atoms with Crippen LogP contribution in [0, 0.1) is 0 Å². The Labute approximate surface area is 71.1 Å². The van der Waals surface area contributed by atoms with E-state index in [1.165, 1.54) is 13.2 Å². The Morgan fingerprint density at radius 2 is 2.42 bits per heavy atom. The Morgan fingerprint density at radius 1 is 1.75 bits per heavy atom.